The zero-order valence-corrected chi connectivity index (χ0v) is 42.9. The Bertz CT molecular complexity index is 4330. The Morgan fingerprint density at radius 1 is 0.278 bits per heavy atom. The first-order valence-corrected chi connectivity index (χ1v) is 27.0. The Kier molecular flexibility index (Phi) is 10.3. The number of fused-ring (bicyclic) bond motifs is 12. The topological polar surface area (TPSA) is 45.2 Å². The molecule has 1 aromatic heterocycles. The summed E-state index contributed by atoms with van der Waals surface area (Å²) in [7, 11) is 0. The van der Waals surface area contributed by atoms with Crippen LogP contribution in [0.1, 0.15) is 0 Å². The van der Waals surface area contributed by atoms with Crippen LogP contribution in [0.2, 0.25) is 0 Å². The highest BCUT2D eigenvalue weighted by Gasteiger charge is 2.45. The average Bonchev–Trinajstić information content (AvgIpc) is 2.86. The predicted octanol–water partition coefficient (Wildman–Crippen LogP) is 16.9. The average molecular weight is 1000 g/mol. The lowest BCUT2D eigenvalue weighted by Gasteiger charge is -2.45. The smallest absolute Gasteiger partial charge is 0.252 e. The van der Waals surface area contributed by atoms with E-state index in [-0.39, 0.29) is 6.71 Å². The molecule has 3 heterocycles. The zero-order valence-electron chi connectivity index (χ0n) is 42.9. The molecule has 0 saturated heterocycles. The first-order chi connectivity index (χ1) is 39.2. The van der Waals surface area contributed by atoms with Crippen LogP contribution < -0.4 is 26.2 Å². The molecule has 0 unspecified atom stereocenters. The van der Waals surface area contributed by atoms with Gasteiger partial charge in [0, 0.05) is 50.5 Å². The van der Waals surface area contributed by atoms with Crippen molar-refractivity contribution in [3.05, 3.63) is 280 Å². The second-order valence-electron chi connectivity index (χ2n) is 20.8. The molecular weight excluding hydrogens is 958 g/mol. The summed E-state index contributed by atoms with van der Waals surface area (Å²) in [4.78, 5) is 19.3. The SMILES string of the molecule is c1ccc(-c2cc(-c3ccccc3)cc(N3c4cc(-c5ncncn5)cc5c4B(c4ccc6c(ccc7ccccc76)c43)c3ccc4c(ccc6ccccc64)c3N5c3cc(-c4ccccc4)cc(-c4ccccc4)c3)c2)cc1. The largest absolute Gasteiger partial charge is 0.311 e. The fourth-order valence-corrected chi connectivity index (χ4v) is 12.9. The van der Waals surface area contributed by atoms with Crippen molar-refractivity contribution in [1.82, 2.24) is 15.0 Å². The van der Waals surface area contributed by atoms with Gasteiger partial charge in [0.1, 0.15) is 12.7 Å². The van der Waals surface area contributed by atoms with Gasteiger partial charge in [-0.25, -0.2) is 15.0 Å². The van der Waals surface area contributed by atoms with Gasteiger partial charge in [-0.2, -0.15) is 0 Å². The summed E-state index contributed by atoms with van der Waals surface area (Å²) in [6, 6.07) is 98.6. The van der Waals surface area contributed by atoms with E-state index in [1.54, 1.807) is 12.7 Å². The molecule has 0 N–H and O–H groups in total. The molecule has 16 rings (SSSR count). The van der Waals surface area contributed by atoms with Gasteiger partial charge in [0.15, 0.2) is 5.82 Å². The van der Waals surface area contributed by atoms with Gasteiger partial charge in [-0.1, -0.05) is 218 Å². The van der Waals surface area contributed by atoms with Crippen LogP contribution in [0.15, 0.2) is 280 Å². The lowest BCUT2D eigenvalue weighted by molar-refractivity contribution is 1.06. The number of hydrogen-bond donors (Lipinski definition) is 0. The van der Waals surface area contributed by atoms with Crippen molar-refractivity contribution in [2.24, 2.45) is 0 Å². The van der Waals surface area contributed by atoms with Crippen molar-refractivity contribution in [3.8, 4) is 55.9 Å². The van der Waals surface area contributed by atoms with Crippen LogP contribution in [0.5, 0.6) is 0 Å². The number of anilines is 6. The molecule has 0 radical (unpaired) electrons. The molecule has 13 aromatic carbocycles. The second-order valence-corrected chi connectivity index (χ2v) is 20.8. The minimum Gasteiger partial charge on any atom is -0.311 e. The molecular formula is C73H46BN5. The highest BCUT2D eigenvalue weighted by molar-refractivity contribution is 7.01. The first kappa shape index (κ1) is 44.8. The molecule has 366 valence electrons. The zero-order chi connectivity index (χ0) is 52.0. The van der Waals surface area contributed by atoms with Crippen LogP contribution in [-0.4, -0.2) is 21.7 Å². The Balaban J connectivity index is 1.08. The lowest BCUT2D eigenvalue weighted by atomic mass is 9.33. The molecule has 79 heavy (non-hydrogen) atoms. The van der Waals surface area contributed by atoms with Gasteiger partial charge in [0.2, 0.25) is 0 Å². The quantitative estimate of drug-likeness (QED) is 0.118. The van der Waals surface area contributed by atoms with Crippen LogP contribution in [-0.2, 0) is 0 Å². The van der Waals surface area contributed by atoms with Gasteiger partial charge in [0.25, 0.3) is 6.71 Å². The van der Waals surface area contributed by atoms with Crippen molar-refractivity contribution < 1.29 is 0 Å². The van der Waals surface area contributed by atoms with E-state index >= 15 is 0 Å². The molecule has 0 aliphatic carbocycles. The third kappa shape index (κ3) is 7.30. The van der Waals surface area contributed by atoms with Crippen LogP contribution in [0.3, 0.4) is 0 Å². The molecule has 6 heteroatoms. The number of aromatic nitrogens is 3. The minimum atomic E-state index is -0.182. The summed E-state index contributed by atoms with van der Waals surface area (Å²) in [5.74, 6) is 0.598. The van der Waals surface area contributed by atoms with Crippen molar-refractivity contribution >= 4 is 100 Å². The van der Waals surface area contributed by atoms with Crippen LogP contribution >= 0.6 is 0 Å². The number of benzene rings is 13. The monoisotopic (exact) mass is 1000 g/mol. The van der Waals surface area contributed by atoms with Crippen molar-refractivity contribution in [1.29, 1.82) is 0 Å². The van der Waals surface area contributed by atoms with E-state index in [0.29, 0.717) is 5.82 Å². The first-order valence-electron chi connectivity index (χ1n) is 27.0. The van der Waals surface area contributed by atoms with E-state index in [4.69, 9.17) is 9.97 Å². The van der Waals surface area contributed by atoms with E-state index < -0.39 is 0 Å². The molecule has 14 aromatic rings. The molecule has 0 saturated carbocycles. The van der Waals surface area contributed by atoms with Crippen molar-refractivity contribution in [2.75, 3.05) is 9.80 Å². The maximum Gasteiger partial charge on any atom is 0.252 e. The summed E-state index contributed by atoms with van der Waals surface area (Å²) in [6.45, 7) is -0.182. The van der Waals surface area contributed by atoms with Crippen LogP contribution in [0.25, 0.3) is 99.0 Å². The molecule has 0 amide bonds. The molecule has 0 bridgehead atoms. The van der Waals surface area contributed by atoms with Crippen LogP contribution in [0.4, 0.5) is 34.1 Å². The Morgan fingerprint density at radius 2 is 0.646 bits per heavy atom. The van der Waals surface area contributed by atoms with E-state index in [1.807, 2.05) is 0 Å². The number of hydrogen-bond acceptors (Lipinski definition) is 5. The van der Waals surface area contributed by atoms with Gasteiger partial charge in [0.05, 0.1) is 0 Å². The summed E-state index contributed by atoms with van der Waals surface area (Å²) in [6.07, 6.45) is 3.22. The normalized spacial score (nSPS) is 12.5. The summed E-state index contributed by atoms with van der Waals surface area (Å²) in [5.41, 5.74) is 20.2. The highest BCUT2D eigenvalue weighted by atomic mass is 15.2. The Morgan fingerprint density at radius 3 is 1.05 bits per heavy atom. The fourth-order valence-electron chi connectivity index (χ4n) is 12.9. The molecule has 0 fully saturated rings. The predicted molar refractivity (Wildman–Crippen MR) is 331 cm³/mol. The van der Waals surface area contributed by atoms with Gasteiger partial charge in [-0.3, -0.25) is 0 Å². The molecule has 2 aliphatic rings. The van der Waals surface area contributed by atoms with Crippen molar-refractivity contribution in [3.63, 3.8) is 0 Å². The Hall–Kier alpha value is -10.4. The summed E-state index contributed by atoms with van der Waals surface area (Å²) < 4.78 is 0. The van der Waals surface area contributed by atoms with Gasteiger partial charge < -0.3 is 9.80 Å². The van der Waals surface area contributed by atoms with Crippen molar-refractivity contribution in [2.45, 2.75) is 0 Å². The molecule has 0 atom stereocenters. The maximum absolute atomic E-state index is 4.92. The van der Waals surface area contributed by atoms with Gasteiger partial charge >= 0.3 is 0 Å². The van der Waals surface area contributed by atoms with E-state index in [1.165, 1.54) is 59.5 Å². The molecule has 5 nitrogen and oxygen atoms in total. The Labute approximate surface area is 458 Å². The van der Waals surface area contributed by atoms with E-state index in [0.717, 1.165) is 84.2 Å². The third-order valence-corrected chi connectivity index (χ3v) is 16.4. The van der Waals surface area contributed by atoms with Crippen LogP contribution in [0, 0.1) is 0 Å². The fraction of sp³-hybridized carbons (Fsp3) is 0. The maximum atomic E-state index is 4.92. The summed E-state index contributed by atoms with van der Waals surface area (Å²) >= 11 is 0. The minimum absolute atomic E-state index is 0.182. The van der Waals surface area contributed by atoms with Gasteiger partial charge in [-0.05, 0) is 142 Å². The molecule has 2 aliphatic heterocycles. The highest BCUT2D eigenvalue weighted by Crippen LogP contribution is 2.51. The molecule has 0 spiro atoms. The van der Waals surface area contributed by atoms with E-state index in [9.17, 15) is 0 Å². The lowest BCUT2D eigenvalue weighted by Crippen LogP contribution is -2.61. The number of rotatable bonds is 7. The number of nitrogens with zero attached hydrogens (tertiary/aromatic N) is 5. The van der Waals surface area contributed by atoms with E-state index in [2.05, 4.69) is 282 Å². The van der Waals surface area contributed by atoms with Gasteiger partial charge in [-0.15, -0.1) is 0 Å². The second kappa shape index (κ2) is 18.1. The summed E-state index contributed by atoms with van der Waals surface area (Å²) in [5, 5.41) is 9.62. The third-order valence-electron chi connectivity index (χ3n) is 16.4. The standard InChI is InChI=1S/C73H46BN5/c1-5-17-47(18-6-1)53-37-54(48-19-7-2-8-20-48)40-58(39-53)78-68-43-57(73-76-45-75-46-77-73)44-69-70(68)74(66-35-33-62-60-27-15-13-25-51(60)29-31-64(62)71(66)78)67-36-34-63-61-28-16-14-26-52(61)30-32-65(63)72(67)79(69)59-41-55(49-21-9-3-10-22-49)38-56(42-59)50-23-11-4-12-24-50/h1-46H.